The van der Waals surface area contributed by atoms with E-state index in [4.69, 9.17) is 16.1 Å². The molecule has 0 rings (SSSR count). The predicted octanol–water partition coefficient (Wildman–Crippen LogP) is -0.780. The number of hydrogen-bond acceptors (Lipinski definition) is 3. The Morgan fingerprint density at radius 1 is 1.86 bits per heavy atom. The number of aliphatic hydroxyl groups excluding tert-OH is 1. The minimum Gasteiger partial charge on any atom is -0.391 e. The third kappa shape index (κ3) is 3.23. The van der Waals surface area contributed by atoms with Crippen LogP contribution in [0, 0.1) is 11.3 Å². The molecule has 0 amide bonds. The lowest BCUT2D eigenvalue weighted by molar-refractivity contribution is 0.188. The van der Waals surface area contributed by atoms with Crippen LogP contribution >= 0.6 is 0 Å². The fraction of sp³-hybridized carbons (Fsp3) is 0.750. The zero-order chi connectivity index (χ0) is 5.70. The molecule has 0 unspecified atom stereocenters. The van der Waals surface area contributed by atoms with Crippen molar-refractivity contribution in [1.29, 1.82) is 5.26 Å². The Hall–Kier alpha value is -0.590. The van der Waals surface area contributed by atoms with Gasteiger partial charge in [0.2, 0.25) is 0 Å². The van der Waals surface area contributed by atoms with Crippen LogP contribution in [0.15, 0.2) is 0 Å². The van der Waals surface area contributed by atoms with Crippen molar-refractivity contribution in [3.05, 3.63) is 0 Å². The lowest BCUT2D eigenvalue weighted by atomic mass is 10.3. The van der Waals surface area contributed by atoms with E-state index in [-0.39, 0.29) is 13.0 Å². The average molecular weight is 100 g/mol. The maximum atomic E-state index is 8.51. The first-order valence-electron chi connectivity index (χ1n) is 2.06. The number of aliphatic hydroxyl groups is 1. The van der Waals surface area contributed by atoms with Gasteiger partial charge >= 0.3 is 0 Å². The van der Waals surface area contributed by atoms with Gasteiger partial charge in [0.25, 0.3) is 0 Å². The van der Waals surface area contributed by atoms with Crippen LogP contribution in [-0.2, 0) is 0 Å². The Morgan fingerprint density at radius 3 is 2.57 bits per heavy atom. The van der Waals surface area contributed by atoms with Gasteiger partial charge in [-0.25, -0.2) is 0 Å². The first-order chi connectivity index (χ1) is 3.31. The zero-order valence-electron chi connectivity index (χ0n) is 3.96. The molecule has 40 valence electrons. The topological polar surface area (TPSA) is 70.0 Å². The van der Waals surface area contributed by atoms with Gasteiger partial charge in [-0.05, 0) is 0 Å². The molecule has 0 saturated heterocycles. The number of nitrogens with zero attached hydrogens (tertiary/aromatic N) is 1. The summed E-state index contributed by atoms with van der Waals surface area (Å²) in [7, 11) is 0. The molecule has 0 aromatic heterocycles. The molecule has 3 nitrogen and oxygen atoms in total. The van der Waals surface area contributed by atoms with Gasteiger partial charge in [0.1, 0.15) is 0 Å². The van der Waals surface area contributed by atoms with Crippen LogP contribution in [0.1, 0.15) is 6.42 Å². The SMILES string of the molecule is N#CC[C@@H](O)CN. The van der Waals surface area contributed by atoms with E-state index in [0.717, 1.165) is 0 Å². The standard InChI is InChI=1S/C4H8N2O/c5-2-1-4(7)3-6/h4,7H,1,3,6H2/t4-/m1/s1. The molecule has 0 aromatic rings. The molecule has 0 bridgehead atoms. The first kappa shape index (κ1) is 6.41. The van der Waals surface area contributed by atoms with E-state index in [0.29, 0.717) is 0 Å². The van der Waals surface area contributed by atoms with E-state index in [2.05, 4.69) is 0 Å². The van der Waals surface area contributed by atoms with Crippen molar-refractivity contribution >= 4 is 0 Å². The molecule has 0 heterocycles. The molecule has 0 aliphatic carbocycles. The summed E-state index contributed by atoms with van der Waals surface area (Å²) in [5.74, 6) is 0. The highest BCUT2D eigenvalue weighted by Crippen LogP contribution is 1.82. The van der Waals surface area contributed by atoms with Crippen LogP contribution in [0.2, 0.25) is 0 Å². The molecule has 0 saturated carbocycles. The highest BCUT2D eigenvalue weighted by molar-refractivity contribution is 4.74. The molecule has 1 atom stereocenters. The van der Waals surface area contributed by atoms with Gasteiger partial charge in [-0.15, -0.1) is 0 Å². The van der Waals surface area contributed by atoms with Gasteiger partial charge in [-0.1, -0.05) is 0 Å². The molecule has 0 fully saturated rings. The van der Waals surface area contributed by atoms with E-state index in [1.165, 1.54) is 0 Å². The molecular weight excluding hydrogens is 92.1 g/mol. The number of nitrogens with two attached hydrogens (primary N) is 1. The van der Waals surface area contributed by atoms with E-state index < -0.39 is 6.10 Å². The molecule has 0 spiro atoms. The van der Waals surface area contributed by atoms with E-state index >= 15 is 0 Å². The number of hydrogen-bond donors (Lipinski definition) is 2. The van der Waals surface area contributed by atoms with Gasteiger partial charge in [-0.2, -0.15) is 5.26 Å². The summed E-state index contributed by atoms with van der Waals surface area (Å²) >= 11 is 0. The van der Waals surface area contributed by atoms with E-state index in [1.54, 1.807) is 6.07 Å². The van der Waals surface area contributed by atoms with Crippen molar-refractivity contribution in [3.63, 3.8) is 0 Å². The lowest BCUT2D eigenvalue weighted by Gasteiger charge is -1.96. The summed E-state index contributed by atoms with van der Waals surface area (Å²) in [5, 5.41) is 16.4. The fourth-order valence-corrected chi connectivity index (χ4v) is 0.189. The minimum atomic E-state index is -0.634. The third-order valence-corrected chi connectivity index (χ3v) is 0.599. The molecule has 0 aliphatic heterocycles. The van der Waals surface area contributed by atoms with E-state index in [1.807, 2.05) is 0 Å². The highest BCUT2D eigenvalue weighted by Gasteiger charge is 1.95. The smallest absolute Gasteiger partial charge is 0.0792 e. The summed E-state index contributed by atoms with van der Waals surface area (Å²) in [6.07, 6.45) is -0.499. The second-order valence-electron chi connectivity index (χ2n) is 1.25. The second kappa shape index (κ2) is 3.59. The Balaban J connectivity index is 3.03. The van der Waals surface area contributed by atoms with Gasteiger partial charge in [0, 0.05) is 6.54 Å². The van der Waals surface area contributed by atoms with E-state index in [9.17, 15) is 0 Å². The van der Waals surface area contributed by atoms with Gasteiger partial charge in [0.15, 0.2) is 0 Å². The quantitative estimate of drug-likeness (QED) is 0.478. The second-order valence-corrected chi connectivity index (χ2v) is 1.25. The highest BCUT2D eigenvalue weighted by atomic mass is 16.3. The summed E-state index contributed by atoms with van der Waals surface area (Å²) < 4.78 is 0. The fourth-order valence-electron chi connectivity index (χ4n) is 0.189. The minimum absolute atomic E-state index is 0.135. The summed E-state index contributed by atoms with van der Waals surface area (Å²) in [6.45, 7) is 0.174. The first-order valence-corrected chi connectivity index (χ1v) is 2.06. The van der Waals surface area contributed by atoms with Gasteiger partial charge in [-0.3, -0.25) is 0 Å². The predicted molar refractivity (Wildman–Crippen MR) is 25.3 cm³/mol. The van der Waals surface area contributed by atoms with Crippen molar-refractivity contribution in [3.8, 4) is 6.07 Å². The van der Waals surface area contributed by atoms with Crippen LogP contribution in [-0.4, -0.2) is 17.8 Å². The largest absolute Gasteiger partial charge is 0.391 e. The Bertz CT molecular complexity index is 76.2. The van der Waals surface area contributed by atoms with Crippen molar-refractivity contribution < 1.29 is 5.11 Å². The molecule has 0 aromatic carbocycles. The Labute approximate surface area is 42.4 Å². The maximum absolute atomic E-state index is 8.51. The number of rotatable bonds is 2. The van der Waals surface area contributed by atoms with Crippen LogP contribution in [0.4, 0.5) is 0 Å². The number of nitriles is 1. The van der Waals surface area contributed by atoms with Crippen molar-refractivity contribution in [2.24, 2.45) is 5.73 Å². The van der Waals surface area contributed by atoms with Gasteiger partial charge < -0.3 is 10.8 Å². The Morgan fingerprint density at radius 2 is 2.43 bits per heavy atom. The molecule has 3 heteroatoms. The lowest BCUT2D eigenvalue weighted by Crippen LogP contribution is -2.18. The molecule has 0 radical (unpaired) electrons. The summed E-state index contributed by atoms with van der Waals surface area (Å²) in [4.78, 5) is 0. The average Bonchev–Trinajstić information content (AvgIpc) is 1.68. The normalized spacial score (nSPS) is 12.7. The van der Waals surface area contributed by atoms with Crippen LogP contribution in [0.25, 0.3) is 0 Å². The summed E-state index contributed by atoms with van der Waals surface area (Å²) in [6, 6.07) is 1.79. The monoisotopic (exact) mass is 100 g/mol. The van der Waals surface area contributed by atoms with Crippen molar-refractivity contribution in [2.75, 3.05) is 6.54 Å². The zero-order valence-corrected chi connectivity index (χ0v) is 3.96. The maximum Gasteiger partial charge on any atom is 0.0792 e. The van der Waals surface area contributed by atoms with Crippen LogP contribution in [0.5, 0.6) is 0 Å². The summed E-state index contributed by atoms with van der Waals surface area (Å²) in [5.41, 5.74) is 4.96. The Kier molecular flexibility index (Phi) is 3.29. The van der Waals surface area contributed by atoms with Crippen LogP contribution in [0.3, 0.4) is 0 Å². The third-order valence-electron chi connectivity index (χ3n) is 0.599. The van der Waals surface area contributed by atoms with Gasteiger partial charge in [0.05, 0.1) is 18.6 Å². The molecular formula is C4H8N2O. The molecule has 3 N–H and O–H groups in total. The van der Waals surface area contributed by atoms with Crippen LogP contribution < -0.4 is 5.73 Å². The molecule has 0 aliphatic rings. The van der Waals surface area contributed by atoms with Crippen molar-refractivity contribution in [1.82, 2.24) is 0 Å². The molecule has 7 heavy (non-hydrogen) atoms. The van der Waals surface area contributed by atoms with Crippen molar-refractivity contribution in [2.45, 2.75) is 12.5 Å².